The highest BCUT2D eigenvalue weighted by molar-refractivity contribution is 5.77. The number of ether oxygens (including phenoxy) is 3. The zero-order valence-corrected chi connectivity index (χ0v) is 15.3. The predicted molar refractivity (Wildman–Crippen MR) is 103 cm³/mol. The van der Waals surface area contributed by atoms with E-state index < -0.39 is 0 Å². The summed E-state index contributed by atoms with van der Waals surface area (Å²) in [7, 11) is 3.38. The van der Waals surface area contributed by atoms with Gasteiger partial charge in [0.05, 0.1) is 26.4 Å². The fourth-order valence-corrected chi connectivity index (χ4v) is 5.42. The minimum absolute atomic E-state index is 0.0595. The molecule has 4 atom stereocenters. The van der Waals surface area contributed by atoms with Gasteiger partial charge in [0.2, 0.25) is 0 Å². The van der Waals surface area contributed by atoms with Crippen molar-refractivity contribution >= 4 is 0 Å². The van der Waals surface area contributed by atoms with E-state index in [4.69, 9.17) is 14.2 Å². The van der Waals surface area contributed by atoms with E-state index in [2.05, 4.69) is 60.7 Å². The van der Waals surface area contributed by atoms with Crippen LogP contribution < -0.4 is 9.47 Å². The van der Waals surface area contributed by atoms with Crippen LogP contribution in [0.3, 0.4) is 0 Å². The average molecular weight is 356 g/mol. The summed E-state index contributed by atoms with van der Waals surface area (Å²) in [5, 5.41) is 0. The normalized spacial score (nSPS) is 26.0. The lowest BCUT2D eigenvalue weighted by atomic mass is 9.64. The van der Waals surface area contributed by atoms with Crippen molar-refractivity contribution < 1.29 is 14.2 Å². The van der Waals surface area contributed by atoms with Gasteiger partial charge in [0.15, 0.2) is 11.5 Å². The topological polar surface area (TPSA) is 27.7 Å². The van der Waals surface area contributed by atoms with Crippen LogP contribution in [0.4, 0.5) is 0 Å². The van der Waals surface area contributed by atoms with Crippen molar-refractivity contribution in [2.45, 2.75) is 24.0 Å². The van der Waals surface area contributed by atoms with E-state index in [0.717, 1.165) is 11.5 Å². The lowest BCUT2D eigenvalue weighted by Gasteiger charge is -2.37. The third-order valence-electron chi connectivity index (χ3n) is 6.46. The molecule has 0 radical (unpaired) electrons. The van der Waals surface area contributed by atoms with Crippen molar-refractivity contribution in [1.82, 2.24) is 0 Å². The van der Waals surface area contributed by atoms with Gasteiger partial charge in [-0.2, -0.15) is 0 Å². The quantitative estimate of drug-likeness (QED) is 0.617. The molecule has 3 aromatic rings. The largest absolute Gasteiger partial charge is 0.493 e. The standard InChI is InChI=1S/C24H20O3/c1-25-19-11-17-18(12-20(19)26-2)24-22-16-10-6-4-8-14(16)13-7-3-5-9-15(13)21(22)23(17)27-24/h3-12,21-24H,1-2H3/t21-,22+,23+,24-. The van der Waals surface area contributed by atoms with Crippen molar-refractivity contribution in [2.75, 3.05) is 14.2 Å². The molecular weight excluding hydrogens is 336 g/mol. The molecule has 27 heavy (non-hydrogen) atoms. The monoisotopic (exact) mass is 356 g/mol. The summed E-state index contributed by atoms with van der Waals surface area (Å²) < 4.78 is 17.7. The van der Waals surface area contributed by atoms with Crippen LogP contribution in [-0.2, 0) is 4.74 Å². The van der Waals surface area contributed by atoms with Crippen molar-refractivity contribution in [3.63, 3.8) is 0 Å². The van der Waals surface area contributed by atoms with Crippen LogP contribution in [0.5, 0.6) is 11.5 Å². The third-order valence-corrected chi connectivity index (χ3v) is 6.46. The number of hydrogen-bond donors (Lipinski definition) is 0. The maximum atomic E-state index is 6.59. The maximum Gasteiger partial charge on any atom is 0.161 e. The highest BCUT2D eigenvalue weighted by Gasteiger charge is 2.56. The molecule has 0 spiro atoms. The first-order valence-electron chi connectivity index (χ1n) is 9.41. The predicted octanol–water partition coefficient (Wildman–Crippen LogP) is 5.38. The van der Waals surface area contributed by atoms with E-state index >= 15 is 0 Å². The summed E-state index contributed by atoms with van der Waals surface area (Å²) in [6.07, 6.45) is 0.119. The summed E-state index contributed by atoms with van der Waals surface area (Å²) in [5.74, 6) is 2.22. The van der Waals surface area contributed by atoms with Crippen molar-refractivity contribution in [2.24, 2.45) is 0 Å². The molecule has 2 heterocycles. The van der Waals surface area contributed by atoms with Crippen LogP contribution >= 0.6 is 0 Å². The van der Waals surface area contributed by atoms with E-state index in [0.29, 0.717) is 11.8 Å². The molecule has 134 valence electrons. The Labute approximate surface area is 158 Å². The Morgan fingerprint density at radius 3 is 1.52 bits per heavy atom. The first-order chi connectivity index (χ1) is 13.3. The van der Waals surface area contributed by atoms with E-state index in [9.17, 15) is 0 Å². The van der Waals surface area contributed by atoms with Gasteiger partial charge in [0.25, 0.3) is 0 Å². The smallest absolute Gasteiger partial charge is 0.161 e. The molecule has 2 bridgehead atoms. The van der Waals surface area contributed by atoms with E-state index in [1.165, 1.54) is 33.4 Å². The Morgan fingerprint density at radius 2 is 1.07 bits per heavy atom. The second-order valence-corrected chi connectivity index (χ2v) is 7.54. The van der Waals surface area contributed by atoms with Crippen LogP contribution in [0.1, 0.15) is 46.3 Å². The van der Waals surface area contributed by atoms with Gasteiger partial charge in [0.1, 0.15) is 0 Å². The molecule has 1 fully saturated rings. The van der Waals surface area contributed by atoms with Gasteiger partial charge in [0, 0.05) is 11.8 Å². The zero-order valence-electron chi connectivity index (χ0n) is 15.3. The second kappa shape index (κ2) is 5.37. The number of benzene rings is 3. The molecule has 0 amide bonds. The Balaban J connectivity index is 1.61. The van der Waals surface area contributed by atoms with Crippen LogP contribution in [0, 0.1) is 0 Å². The Bertz CT molecular complexity index is 986. The molecule has 3 aliphatic rings. The van der Waals surface area contributed by atoms with Crippen LogP contribution in [0.25, 0.3) is 11.1 Å². The molecule has 2 aliphatic heterocycles. The van der Waals surface area contributed by atoms with Crippen molar-refractivity contribution in [1.29, 1.82) is 0 Å². The van der Waals surface area contributed by atoms with Gasteiger partial charge in [-0.25, -0.2) is 0 Å². The fourth-order valence-electron chi connectivity index (χ4n) is 5.42. The Hall–Kier alpha value is -2.78. The van der Waals surface area contributed by atoms with Gasteiger partial charge in [-0.3, -0.25) is 0 Å². The molecule has 0 saturated carbocycles. The third kappa shape index (κ3) is 1.85. The van der Waals surface area contributed by atoms with Crippen LogP contribution in [0.2, 0.25) is 0 Å². The first-order valence-corrected chi connectivity index (χ1v) is 9.41. The molecular formula is C24H20O3. The lowest BCUT2D eigenvalue weighted by Crippen LogP contribution is -2.23. The van der Waals surface area contributed by atoms with E-state index in [-0.39, 0.29) is 12.2 Å². The summed E-state index contributed by atoms with van der Waals surface area (Å²) in [4.78, 5) is 0. The minimum atomic E-state index is 0.0595. The van der Waals surface area contributed by atoms with E-state index in [1.807, 2.05) is 0 Å². The highest BCUT2D eigenvalue weighted by Crippen LogP contribution is 2.68. The molecule has 6 rings (SSSR count). The Kier molecular flexibility index (Phi) is 3.04. The van der Waals surface area contributed by atoms with Gasteiger partial charge < -0.3 is 14.2 Å². The molecule has 0 aromatic heterocycles. The molecule has 3 aromatic carbocycles. The number of fused-ring (bicyclic) bond motifs is 13. The molecule has 0 N–H and O–H groups in total. The molecule has 0 unspecified atom stereocenters. The minimum Gasteiger partial charge on any atom is -0.493 e. The Morgan fingerprint density at radius 1 is 0.630 bits per heavy atom. The molecule has 1 saturated heterocycles. The van der Waals surface area contributed by atoms with Crippen LogP contribution in [0.15, 0.2) is 60.7 Å². The number of methoxy groups -OCH3 is 2. The van der Waals surface area contributed by atoms with Gasteiger partial charge in [-0.05, 0) is 45.5 Å². The fraction of sp³-hybridized carbons (Fsp3) is 0.250. The number of rotatable bonds is 2. The van der Waals surface area contributed by atoms with Gasteiger partial charge in [-0.15, -0.1) is 0 Å². The summed E-state index contributed by atoms with van der Waals surface area (Å²) >= 11 is 0. The molecule has 1 aliphatic carbocycles. The summed E-state index contributed by atoms with van der Waals surface area (Å²) in [5.41, 5.74) is 7.96. The van der Waals surface area contributed by atoms with Crippen LogP contribution in [-0.4, -0.2) is 14.2 Å². The lowest BCUT2D eigenvalue weighted by molar-refractivity contribution is 0.0643. The average Bonchev–Trinajstić information content (AvgIpc) is 3.30. The van der Waals surface area contributed by atoms with Gasteiger partial charge in [-0.1, -0.05) is 48.5 Å². The SMILES string of the molecule is COc1cc2c(cc1OC)[C@@H]1O[C@H]2[C@H]2c3ccccc3-c3ccccc3[C@H]21. The van der Waals surface area contributed by atoms with Gasteiger partial charge >= 0.3 is 0 Å². The maximum absolute atomic E-state index is 6.59. The second-order valence-electron chi connectivity index (χ2n) is 7.54. The summed E-state index contributed by atoms with van der Waals surface area (Å²) in [6.45, 7) is 0. The molecule has 3 heteroatoms. The van der Waals surface area contributed by atoms with Crippen molar-refractivity contribution in [3.8, 4) is 22.6 Å². The summed E-state index contributed by atoms with van der Waals surface area (Å²) in [6, 6.07) is 21.8. The first kappa shape index (κ1) is 15.3. The highest BCUT2D eigenvalue weighted by atomic mass is 16.5. The van der Waals surface area contributed by atoms with E-state index in [1.54, 1.807) is 14.2 Å². The van der Waals surface area contributed by atoms with Crippen molar-refractivity contribution in [3.05, 3.63) is 82.9 Å². The zero-order chi connectivity index (χ0) is 18.1. The number of hydrogen-bond acceptors (Lipinski definition) is 3. The molecule has 3 nitrogen and oxygen atoms in total.